The minimum Gasteiger partial charge on any atom is -0.472 e. The number of anilines is 2. The van der Waals surface area contributed by atoms with Gasteiger partial charge in [-0.05, 0) is 42.5 Å². The van der Waals surface area contributed by atoms with Crippen molar-refractivity contribution < 1.29 is 9.21 Å². The first kappa shape index (κ1) is 17.9. The van der Waals surface area contributed by atoms with E-state index in [9.17, 15) is 4.79 Å². The van der Waals surface area contributed by atoms with E-state index in [2.05, 4.69) is 31.6 Å². The molecule has 155 valence electrons. The fourth-order valence-corrected chi connectivity index (χ4v) is 4.55. The van der Waals surface area contributed by atoms with Crippen molar-refractivity contribution in [3.05, 3.63) is 48.7 Å². The number of amides is 2. The van der Waals surface area contributed by atoms with Gasteiger partial charge in [0.1, 0.15) is 18.4 Å². The summed E-state index contributed by atoms with van der Waals surface area (Å²) in [5.74, 6) is 2.10. The Kier molecular flexibility index (Phi) is 3.95. The number of fused-ring (bicyclic) bond motifs is 2. The fraction of sp³-hybridized carbons (Fsp3) is 0.273. The molecule has 1 saturated heterocycles. The Morgan fingerprint density at radius 3 is 2.84 bits per heavy atom. The molecule has 0 unspecified atom stereocenters. The van der Waals surface area contributed by atoms with Crippen molar-refractivity contribution in [2.24, 2.45) is 7.05 Å². The number of rotatable bonds is 3. The Hall–Kier alpha value is -3.88. The third kappa shape index (κ3) is 2.92. The third-order valence-electron chi connectivity index (χ3n) is 6.17. The van der Waals surface area contributed by atoms with Crippen LogP contribution in [-0.4, -0.2) is 38.6 Å². The van der Waals surface area contributed by atoms with Crippen molar-refractivity contribution in [2.45, 2.75) is 18.8 Å². The number of carbonyl (C=O) groups is 1. The Morgan fingerprint density at radius 1 is 1.16 bits per heavy atom. The van der Waals surface area contributed by atoms with Gasteiger partial charge in [0.2, 0.25) is 0 Å². The number of urea groups is 1. The maximum atomic E-state index is 11.5. The molecule has 1 fully saturated rings. The predicted molar refractivity (Wildman–Crippen MR) is 115 cm³/mol. The maximum Gasteiger partial charge on any atom is 0.346 e. The second-order valence-corrected chi connectivity index (χ2v) is 7.96. The second-order valence-electron chi connectivity index (χ2n) is 7.96. The van der Waals surface area contributed by atoms with Gasteiger partial charge in [0, 0.05) is 20.1 Å². The molecule has 9 nitrogen and oxygen atoms in total. The van der Waals surface area contributed by atoms with Crippen LogP contribution in [-0.2, 0) is 7.05 Å². The minimum absolute atomic E-state index is 0.292. The molecule has 0 spiro atoms. The highest BCUT2D eigenvalue weighted by Gasteiger charge is 2.27. The Balaban J connectivity index is 1.25. The van der Waals surface area contributed by atoms with Crippen molar-refractivity contribution in [3.63, 3.8) is 0 Å². The Labute approximate surface area is 178 Å². The average molecular weight is 414 g/mol. The van der Waals surface area contributed by atoms with E-state index in [4.69, 9.17) is 9.40 Å². The number of aryl methyl sites for hydroxylation is 1. The molecular formula is C22H20N7O2. The Bertz CT molecular complexity index is 1290. The van der Waals surface area contributed by atoms with Crippen LogP contribution in [0.25, 0.3) is 22.6 Å². The summed E-state index contributed by atoms with van der Waals surface area (Å²) in [7, 11) is 1.96. The quantitative estimate of drug-likeness (QED) is 0.547. The first-order valence-electron chi connectivity index (χ1n) is 10.3. The van der Waals surface area contributed by atoms with Crippen LogP contribution in [0.5, 0.6) is 0 Å². The topological polar surface area (TPSA) is 103 Å². The fourth-order valence-electron chi connectivity index (χ4n) is 4.55. The lowest BCUT2D eigenvalue weighted by atomic mass is 9.89. The van der Waals surface area contributed by atoms with E-state index in [0.717, 1.165) is 65.7 Å². The van der Waals surface area contributed by atoms with E-state index < -0.39 is 0 Å². The number of piperidine rings is 1. The summed E-state index contributed by atoms with van der Waals surface area (Å²) in [6.07, 6.45) is 6.92. The van der Waals surface area contributed by atoms with Gasteiger partial charge in [-0.3, -0.25) is 0 Å². The van der Waals surface area contributed by atoms with E-state index in [0.29, 0.717) is 5.92 Å². The molecule has 0 bridgehead atoms. The lowest BCUT2D eigenvalue weighted by Crippen LogP contribution is -2.33. The first-order valence-corrected chi connectivity index (χ1v) is 10.3. The highest BCUT2D eigenvalue weighted by molar-refractivity contribution is 6.02. The van der Waals surface area contributed by atoms with E-state index in [1.165, 1.54) is 5.56 Å². The van der Waals surface area contributed by atoms with Crippen molar-refractivity contribution in [1.82, 2.24) is 24.8 Å². The molecule has 0 atom stereocenters. The van der Waals surface area contributed by atoms with Gasteiger partial charge in [-0.15, -0.1) is 0 Å². The predicted octanol–water partition coefficient (Wildman–Crippen LogP) is 3.79. The van der Waals surface area contributed by atoms with Crippen molar-refractivity contribution >= 4 is 34.4 Å². The van der Waals surface area contributed by atoms with Crippen molar-refractivity contribution in [2.75, 3.05) is 23.3 Å². The highest BCUT2D eigenvalue weighted by Crippen LogP contribution is 2.36. The van der Waals surface area contributed by atoms with Gasteiger partial charge < -0.3 is 19.2 Å². The van der Waals surface area contributed by atoms with Crippen LogP contribution in [0.2, 0.25) is 0 Å². The highest BCUT2D eigenvalue weighted by atomic mass is 16.3. The van der Waals surface area contributed by atoms with Crippen LogP contribution in [0.15, 0.2) is 47.5 Å². The van der Waals surface area contributed by atoms with Crippen LogP contribution in [0.3, 0.4) is 0 Å². The number of hydrogen-bond acceptors (Lipinski definition) is 6. The molecule has 2 aliphatic heterocycles. The number of aromatic nitrogens is 4. The smallest absolute Gasteiger partial charge is 0.346 e. The molecule has 2 aliphatic rings. The van der Waals surface area contributed by atoms with Crippen molar-refractivity contribution in [1.29, 1.82) is 0 Å². The SMILES string of the molecule is Cn1c(-c2ccoc2)nc2c(N3CCC(c4ccc5c(c4)[N]C(=O)N5)CC3)ncnc21. The summed E-state index contributed by atoms with van der Waals surface area (Å²) in [6, 6.07) is 7.68. The number of imidazole rings is 1. The monoisotopic (exact) mass is 414 g/mol. The second kappa shape index (κ2) is 6.83. The summed E-state index contributed by atoms with van der Waals surface area (Å²) >= 11 is 0. The van der Waals surface area contributed by atoms with E-state index in [1.54, 1.807) is 18.9 Å². The molecule has 1 aromatic carbocycles. The molecule has 6 rings (SSSR count). The summed E-state index contributed by atoms with van der Waals surface area (Å²) in [6.45, 7) is 1.75. The number of nitrogens with one attached hydrogen (secondary N) is 1. The molecular weight excluding hydrogens is 394 g/mol. The maximum absolute atomic E-state index is 11.5. The van der Waals surface area contributed by atoms with Crippen LogP contribution in [0.1, 0.15) is 24.3 Å². The standard InChI is InChI=1S/C22H20N7O2/c1-28-19(15-6-9-31-11-15)27-18-20(28)23-12-24-21(18)29-7-4-13(5-8-29)14-2-3-16-17(10-14)26-22(30)25-16/h2-3,6,9-13H,4-5,7-8H2,1H3,(H,25,30). The molecule has 4 aromatic rings. The molecule has 1 N–H and O–H groups in total. The van der Waals surface area contributed by atoms with Crippen LogP contribution >= 0.6 is 0 Å². The lowest BCUT2D eigenvalue weighted by Gasteiger charge is -2.33. The zero-order chi connectivity index (χ0) is 20.9. The van der Waals surface area contributed by atoms with Crippen LogP contribution < -0.4 is 15.5 Å². The molecule has 9 heteroatoms. The molecule has 5 heterocycles. The summed E-state index contributed by atoms with van der Waals surface area (Å²) in [4.78, 5) is 27.6. The number of furan rings is 1. The number of nitrogens with zero attached hydrogens (tertiary/aromatic N) is 6. The summed E-state index contributed by atoms with van der Waals surface area (Å²) < 4.78 is 7.20. The van der Waals surface area contributed by atoms with E-state index >= 15 is 0 Å². The van der Waals surface area contributed by atoms with Crippen LogP contribution in [0.4, 0.5) is 22.0 Å². The Morgan fingerprint density at radius 2 is 2.03 bits per heavy atom. The normalized spacial score (nSPS) is 16.4. The molecule has 3 aromatic heterocycles. The van der Waals surface area contributed by atoms with Crippen molar-refractivity contribution in [3.8, 4) is 11.4 Å². The van der Waals surface area contributed by atoms with Gasteiger partial charge in [0.25, 0.3) is 0 Å². The van der Waals surface area contributed by atoms with Gasteiger partial charge >= 0.3 is 6.03 Å². The van der Waals surface area contributed by atoms with Gasteiger partial charge in [0.15, 0.2) is 17.0 Å². The first-order chi connectivity index (χ1) is 15.2. The summed E-state index contributed by atoms with van der Waals surface area (Å²) in [5, 5.41) is 6.79. The number of carbonyl (C=O) groups excluding carboxylic acids is 1. The number of hydrogen-bond donors (Lipinski definition) is 1. The minimum atomic E-state index is -0.292. The molecule has 31 heavy (non-hydrogen) atoms. The zero-order valence-electron chi connectivity index (χ0n) is 16.9. The average Bonchev–Trinajstić information content (AvgIpc) is 3.52. The van der Waals surface area contributed by atoms with Gasteiger partial charge in [-0.25, -0.2) is 19.7 Å². The van der Waals surface area contributed by atoms with Gasteiger partial charge in [0.05, 0.1) is 23.2 Å². The van der Waals surface area contributed by atoms with E-state index in [1.807, 2.05) is 29.8 Å². The third-order valence-corrected chi connectivity index (χ3v) is 6.17. The van der Waals surface area contributed by atoms with E-state index in [-0.39, 0.29) is 6.03 Å². The zero-order valence-corrected chi connectivity index (χ0v) is 16.9. The largest absolute Gasteiger partial charge is 0.472 e. The van der Waals surface area contributed by atoms with Gasteiger partial charge in [-0.1, -0.05) is 6.07 Å². The molecule has 0 saturated carbocycles. The molecule has 1 radical (unpaired) electrons. The molecule has 0 aliphatic carbocycles. The molecule has 2 amide bonds. The summed E-state index contributed by atoms with van der Waals surface area (Å²) in [5.41, 5.74) is 5.29. The number of benzene rings is 1. The lowest BCUT2D eigenvalue weighted by molar-refractivity contribution is 0.256. The van der Waals surface area contributed by atoms with Gasteiger partial charge in [-0.2, -0.15) is 5.32 Å². The van der Waals surface area contributed by atoms with Crippen LogP contribution in [0, 0.1) is 0 Å².